The maximum absolute atomic E-state index is 5.52. The molecule has 0 radical (unpaired) electrons. The predicted molar refractivity (Wildman–Crippen MR) is 95.3 cm³/mol. The van der Waals surface area contributed by atoms with E-state index in [4.69, 9.17) is 14.2 Å². The highest BCUT2D eigenvalue weighted by molar-refractivity contribution is 5.55. The van der Waals surface area contributed by atoms with Gasteiger partial charge in [0.25, 0.3) is 0 Å². The van der Waals surface area contributed by atoms with Crippen molar-refractivity contribution in [3.8, 4) is 17.2 Å². The van der Waals surface area contributed by atoms with E-state index >= 15 is 0 Å². The maximum atomic E-state index is 5.52. The van der Waals surface area contributed by atoms with Gasteiger partial charge in [-0.2, -0.15) is 0 Å². The van der Waals surface area contributed by atoms with Crippen LogP contribution in [0.4, 0.5) is 0 Å². The summed E-state index contributed by atoms with van der Waals surface area (Å²) in [5, 5.41) is 6.17. The van der Waals surface area contributed by atoms with Gasteiger partial charge >= 0.3 is 0 Å². The van der Waals surface area contributed by atoms with Gasteiger partial charge in [0, 0.05) is 13.0 Å². The molecule has 0 saturated carbocycles. The van der Waals surface area contributed by atoms with Gasteiger partial charge in [0.05, 0.1) is 19.7 Å². The van der Waals surface area contributed by atoms with Crippen molar-refractivity contribution in [3.05, 3.63) is 53.6 Å². The molecule has 1 saturated heterocycles. The Balaban J connectivity index is 1.34. The first kappa shape index (κ1) is 16.2. The molecule has 0 unspecified atom stereocenters. The lowest BCUT2D eigenvalue weighted by Crippen LogP contribution is -2.97. The molecular weight excluding hydrogens is 316 g/mol. The molecule has 0 bridgehead atoms. The highest BCUT2D eigenvalue weighted by atomic mass is 16.7. The van der Waals surface area contributed by atoms with E-state index < -0.39 is 0 Å². The minimum Gasteiger partial charge on any atom is -0.493 e. The van der Waals surface area contributed by atoms with Gasteiger partial charge in [-0.05, 0) is 29.7 Å². The first-order valence-electron chi connectivity index (χ1n) is 8.89. The predicted octanol–water partition coefficient (Wildman–Crippen LogP) is 1.11. The topological polar surface area (TPSA) is 56.3 Å². The van der Waals surface area contributed by atoms with Gasteiger partial charge in [-0.25, -0.2) is 0 Å². The third kappa shape index (κ3) is 3.72. The summed E-state index contributed by atoms with van der Waals surface area (Å²) in [4.78, 5) is 0. The number of quaternary nitrogens is 1. The normalized spacial score (nSPS) is 22.0. The summed E-state index contributed by atoms with van der Waals surface area (Å²) >= 11 is 0. The fourth-order valence-corrected chi connectivity index (χ4v) is 3.66. The minimum atomic E-state index is 0.270. The van der Waals surface area contributed by atoms with Crippen molar-refractivity contribution in [2.45, 2.75) is 24.9 Å². The van der Waals surface area contributed by atoms with E-state index in [2.05, 4.69) is 53.1 Å². The highest BCUT2D eigenvalue weighted by Crippen LogP contribution is 2.42. The Morgan fingerprint density at radius 2 is 2.00 bits per heavy atom. The Labute approximate surface area is 148 Å². The summed E-state index contributed by atoms with van der Waals surface area (Å²) in [6.45, 7) is 2.38. The lowest BCUT2D eigenvalue weighted by atomic mass is 9.99. The average Bonchev–Trinajstić information content (AvgIpc) is 3.12. The van der Waals surface area contributed by atoms with Crippen molar-refractivity contribution in [2.24, 2.45) is 0 Å². The Kier molecular flexibility index (Phi) is 4.76. The molecule has 0 amide bonds. The number of benzene rings is 2. The molecule has 5 heteroatoms. The van der Waals surface area contributed by atoms with Crippen LogP contribution in [-0.2, 0) is 12.8 Å². The highest BCUT2D eigenvalue weighted by Gasteiger charge is 2.25. The van der Waals surface area contributed by atoms with Gasteiger partial charge in [0.15, 0.2) is 11.5 Å². The number of hydrogen-bond donors (Lipinski definition) is 2. The molecule has 132 valence electrons. The number of hydrogen-bond acceptors (Lipinski definition) is 4. The number of rotatable bonds is 5. The van der Waals surface area contributed by atoms with Crippen molar-refractivity contribution < 1.29 is 19.5 Å². The fourth-order valence-electron chi connectivity index (χ4n) is 3.66. The van der Waals surface area contributed by atoms with E-state index in [0.29, 0.717) is 12.1 Å². The Hall–Kier alpha value is -2.24. The lowest BCUT2D eigenvalue weighted by molar-refractivity contribution is -0.697. The maximum Gasteiger partial charge on any atom is 0.231 e. The van der Waals surface area contributed by atoms with Gasteiger partial charge in [0.2, 0.25) is 12.5 Å². The zero-order chi connectivity index (χ0) is 17.1. The van der Waals surface area contributed by atoms with E-state index in [9.17, 15) is 0 Å². The van der Waals surface area contributed by atoms with Crippen LogP contribution < -0.4 is 24.8 Å². The van der Waals surface area contributed by atoms with Crippen LogP contribution in [0.25, 0.3) is 0 Å². The summed E-state index contributed by atoms with van der Waals surface area (Å²) in [5.74, 6) is 2.26. The summed E-state index contributed by atoms with van der Waals surface area (Å²) in [5.41, 5.74) is 2.62. The lowest BCUT2D eigenvalue weighted by Gasteiger charge is -2.28. The second kappa shape index (κ2) is 7.33. The molecule has 2 aliphatic heterocycles. The molecule has 2 aromatic carbocycles. The van der Waals surface area contributed by atoms with Gasteiger partial charge < -0.3 is 24.8 Å². The SMILES string of the molecule is COc1cc(C[C@H]2C[NH2+][C@@H](Cc3ccccc3)CN2)cc2c1OCO2. The zero-order valence-corrected chi connectivity index (χ0v) is 14.5. The van der Waals surface area contributed by atoms with Crippen LogP contribution >= 0.6 is 0 Å². The van der Waals surface area contributed by atoms with E-state index in [-0.39, 0.29) is 6.79 Å². The number of nitrogens with one attached hydrogen (secondary N) is 1. The number of ether oxygens (including phenoxy) is 3. The van der Waals surface area contributed by atoms with Crippen LogP contribution in [0, 0.1) is 0 Å². The van der Waals surface area contributed by atoms with Crippen molar-refractivity contribution >= 4 is 0 Å². The standard InChI is InChI=1S/C20H24N2O3/c1-23-18-9-15(10-19-20(18)25-13-24-19)8-17-12-21-16(11-22-17)7-14-5-3-2-4-6-14/h2-6,9-10,16-17,21-22H,7-8,11-13H2,1H3/p+1/t16-,17-/m0/s1. The largest absolute Gasteiger partial charge is 0.493 e. The third-order valence-corrected chi connectivity index (χ3v) is 4.96. The van der Waals surface area contributed by atoms with Crippen LogP contribution in [0.15, 0.2) is 42.5 Å². The molecule has 2 heterocycles. The smallest absolute Gasteiger partial charge is 0.231 e. The van der Waals surface area contributed by atoms with Gasteiger partial charge in [-0.1, -0.05) is 30.3 Å². The summed E-state index contributed by atoms with van der Waals surface area (Å²) in [6, 6.07) is 15.9. The van der Waals surface area contributed by atoms with Crippen molar-refractivity contribution in [1.82, 2.24) is 5.32 Å². The molecule has 0 aliphatic carbocycles. The van der Waals surface area contributed by atoms with Crippen LogP contribution in [0.1, 0.15) is 11.1 Å². The summed E-state index contributed by atoms with van der Waals surface area (Å²) in [6.07, 6.45) is 2.07. The first-order valence-corrected chi connectivity index (χ1v) is 8.89. The first-order chi connectivity index (χ1) is 12.3. The van der Waals surface area contributed by atoms with Crippen LogP contribution in [0.2, 0.25) is 0 Å². The number of piperazine rings is 1. The number of methoxy groups -OCH3 is 1. The molecule has 2 atom stereocenters. The van der Waals surface area contributed by atoms with Crippen LogP contribution in [0.5, 0.6) is 17.2 Å². The zero-order valence-electron chi connectivity index (χ0n) is 14.5. The summed E-state index contributed by atoms with van der Waals surface area (Å²) in [7, 11) is 1.67. The summed E-state index contributed by atoms with van der Waals surface area (Å²) < 4.78 is 16.4. The minimum absolute atomic E-state index is 0.270. The molecule has 2 aromatic rings. The van der Waals surface area contributed by atoms with E-state index in [1.54, 1.807) is 7.11 Å². The second-order valence-corrected chi connectivity index (χ2v) is 6.76. The Bertz CT molecular complexity index is 712. The van der Waals surface area contributed by atoms with E-state index in [1.807, 2.05) is 0 Å². The van der Waals surface area contributed by atoms with Gasteiger partial charge in [0.1, 0.15) is 6.04 Å². The molecule has 4 rings (SSSR count). The molecule has 25 heavy (non-hydrogen) atoms. The Morgan fingerprint density at radius 3 is 2.76 bits per heavy atom. The molecule has 0 spiro atoms. The number of nitrogens with two attached hydrogens (primary N) is 1. The molecule has 1 fully saturated rings. The van der Waals surface area contributed by atoms with Crippen LogP contribution in [-0.4, -0.2) is 39.1 Å². The fraction of sp³-hybridized carbons (Fsp3) is 0.400. The van der Waals surface area contributed by atoms with Crippen molar-refractivity contribution in [3.63, 3.8) is 0 Å². The third-order valence-electron chi connectivity index (χ3n) is 4.96. The van der Waals surface area contributed by atoms with E-state index in [0.717, 1.165) is 43.2 Å². The van der Waals surface area contributed by atoms with E-state index in [1.165, 1.54) is 11.1 Å². The van der Waals surface area contributed by atoms with Crippen LogP contribution in [0.3, 0.4) is 0 Å². The molecule has 0 aromatic heterocycles. The average molecular weight is 341 g/mol. The molecule has 5 nitrogen and oxygen atoms in total. The van der Waals surface area contributed by atoms with Crippen molar-refractivity contribution in [1.29, 1.82) is 0 Å². The number of fused-ring (bicyclic) bond motifs is 1. The quantitative estimate of drug-likeness (QED) is 0.856. The van der Waals surface area contributed by atoms with Gasteiger partial charge in [-0.3, -0.25) is 0 Å². The Morgan fingerprint density at radius 1 is 1.12 bits per heavy atom. The van der Waals surface area contributed by atoms with Gasteiger partial charge in [-0.15, -0.1) is 0 Å². The molecular formula is C20H25N2O3+. The second-order valence-electron chi connectivity index (χ2n) is 6.76. The molecule has 3 N–H and O–H groups in total. The van der Waals surface area contributed by atoms with Crippen molar-refractivity contribution in [2.75, 3.05) is 27.0 Å². The molecule has 2 aliphatic rings. The monoisotopic (exact) mass is 341 g/mol.